The van der Waals surface area contributed by atoms with Gasteiger partial charge in [-0.05, 0) is 47.6 Å². The van der Waals surface area contributed by atoms with Crippen LogP contribution in [0.5, 0.6) is 0 Å². The first kappa shape index (κ1) is 14.0. The summed E-state index contributed by atoms with van der Waals surface area (Å²) in [6.07, 6.45) is 0. The predicted molar refractivity (Wildman–Crippen MR) is 74.4 cm³/mol. The van der Waals surface area contributed by atoms with E-state index in [2.05, 4.69) is 71.1 Å². The first-order valence-corrected chi connectivity index (χ1v) is 6.17. The standard InChI is InChI=1S/C15H25NO/c1-14(2,3)16-13-10-8-7-9-12(13)11-17-15(4,5)6/h7-10,16H,11H2,1-6H3. The fraction of sp³-hybridized carbons (Fsp3) is 0.600. The van der Waals surface area contributed by atoms with Gasteiger partial charge < -0.3 is 10.1 Å². The fourth-order valence-electron chi connectivity index (χ4n) is 1.47. The number of ether oxygens (including phenoxy) is 1. The van der Waals surface area contributed by atoms with Gasteiger partial charge in [0, 0.05) is 16.8 Å². The van der Waals surface area contributed by atoms with Gasteiger partial charge in [-0.1, -0.05) is 18.2 Å². The summed E-state index contributed by atoms with van der Waals surface area (Å²) < 4.78 is 5.83. The lowest BCUT2D eigenvalue weighted by Gasteiger charge is -2.25. The minimum atomic E-state index is -0.102. The molecule has 1 N–H and O–H groups in total. The SMILES string of the molecule is CC(C)(C)Nc1ccccc1COC(C)(C)C. The lowest BCUT2D eigenvalue weighted by atomic mass is 10.1. The van der Waals surface area contributed by atoms with Crippen LogP contribution in [0.15, 0.2) is 24.3 Å². The fourth-order valence-corrected chi connectivity index (χ4v) is 1.47. The lowest BCUT2D eigenvalue weighted by molar-refractivity contribution is -0.0147. The molecule has 0 radical (unpaired) electrons. The van der Waals surface area contributed by atoms with Crippen molar-refractivity contribution in [3.63, 3.8) is 0 Å². The van der Waals surface area contributed by atoms with Crippen molar-refractivity contribution in [3.05, 3.63) is 29.8 Å². The Bertz CT molecular complexity index is 358. The molecule has 17 heavy (non-hydrogen) atoms. The third-order valence-electron chi connectivity index (χ3n) is 2.19. The van der Waals surface area contributed by atoms with Crippen LogP contribution in [0.2, 0.25) is 0 Å². The molecule has 0 saturated carbocycles. The number of rotatable bonds is 3. The number of para-hydroxylation sites is 1. The van der Waals surface area contributed by atoms with Gasteiger partial charge in [0.2, 0.25) is 0 Å². The van der Waals surface area contributed by atoms with E-state index in [0.29, 0.717) is 6.61 Å². The Labute approximate surface area is 105 Å². The van der Waals surface area contributed by atoms with E-state index in [-0.39, 0.29) is 11.1 Å². The van der Waals surface area contributed by atoms with Gasteiger partial charge in [-0.2, -0.15) is 0 Å². The molecule has 0 amide bonds. The molecule has 0 aliphatic rings. The predicted octanol–water partition coefficient (Wildman–Crippen LogP) is 4.21. The molecule has 1 aromatic rings. The van der Waals surface area contributed by atoms with Crippen molar-refractivity contribution in [1.29, 1.82) is 0 Å². The van der Waals surface area contributed by atoms with Crippen LogP contribution >= 0.6 is 0 Å². The van der Waals surface area contributed by atoms with Crippen LogP contribution in [0.4, 0.5) is 5.69 Å². The molecule has 1 rings (SSSR count). The molecular formula is C15H25NO. The second-order valence-electron chi connectivity index (χ2n) is 6.43. The van der Waals surface area contributed by atoms with E-state index in [1.54, 1.807) is 0 Å². The summed E-state index contributed by atoms with van der Waals surface area (Å²) in [5.41, 5.74) is 2.33. The highest BCUT2D eigenvalue weighted by Gasteiger charge is 2.14. The molecule has 0 saturated heterocycles. The van der Waals surface area contributed by atoms with Gasteiger partial charge in [0.1, 0.15) is 0 Å². The van der Waals surface area contributed by atoms with Crippen molar-refractivity contribution in [2.45, 2.75) is 59.3 Å². The molecule has 96 valence electrons. The molecule has 0 atom stereocenters. The molecule has 0 bridgehead atoms. The summed E-state index contributed by atoms with van der Waals surface area (Å²) in [6, 6.07) is 8.32. The summed E-state index contributed by atoms with van der Waals surface area (Å²) in [7, 11) is 0. The number of hydrogen-bond acceptors (Lipinski definition) is 2. The Kier molecular flexibility index (Phi) is 4.21. The molecule has 0 aliphatic heterocycles. The Hall–Kier alpha value is -1.02. The maximum absolute atomic E-state index is 5.83. The minimum absolute atomic E-state index is 0.0673. The highest BCUT2D eigenvalue weighted by Crippen LogP contribution is 2.22. The van der Waals surface area contributed by atoms with Gasteiger partial charge in [0.05, 0.1) is 12.2 Å². The van der Waals surface area contributed by atoms with E-state index >= 15 is 0 Å². The average molecular weight is 235 g/mol. The first-order valence-electron chi connectivity index (χ1n) is 6.17. The monoisotopic (exact) mass is 235 g/mol. The van der Waals surface area contributed by atoms with Crippen molar-refractivity contribution < 1.29 is 4.74 Å². The summed E-state index contributed by atoms with van der Waals surface area (Å²) in [5, 5.41) is 3.51. The van der Waals surface area contributed by atoms with Gasteiger partial charge in [-0.3, -0.25) is 0 Å². The van der Waals surface area contributed by atoms with E-state index in [0.717, 1.165) is 5.69 Å². The molecule has 0 heterocycles. The van der Waals surface area contributed by atoms with E-state index in [1.807, 2.05) is 0 Å². The van der Waals surface area contributed by atoms with Crippen LogP contribution in [0.25, 0.3) is 0 Å². The van der Waals surface area contributed by atoms with Crippen LogP contribution < -0.4 is 5.32 Å². The molecule has 0 spiro atoms. The van der Waals surface area contributed by atoms with E-state index in [4.69, 9.17) is 4.74 Å². The zero-order chi connectivity index (χ0) is 13.1. The topological polar surface area (TPSA) is 21.3 Å². The van der Waals surface area contributed by atoms with Gasteiger partial charge >= 0.3 is 0 Å². The van der Waals surface area contributed by atoms with E-state index in [1.165, 1.54) is 5.56 Å². The molecule has 2 nitrogen and oxygen atoms in total. The van der Waals surface area contributed by atoms with Crippen LogP contribution in [0, 0.1) is 0 Å². The zero-order valence-corrected chi connectivity index (χ0v) is 11.9. The van der Waals surface area contributed by atoms with Gasteiger partial charge in [-0.15, -0.1) is 0 Å². The number of anilines is 1. The minimum Gasteiger partial charge on any atom is -0.380 e. The molecular weight excluding hydrogens is 210 g/mol. The van der Waals surface area contributed by atoms with Gasteiger partial charge in [-0.25, -0.2) is 0 Å². The molecule has 0 fully saturated rings. The summed E-state index contributed by atoms with van der Waals surface area (Å²) in [5.74, 6) is 0. The summed E-state index contributed by atoms with van der Waals surface area (Å²) in [6.45, 7) is 13.4. The maximum Gasteiger partial charge on any atom is 0.0744 e. The van der Waals surface area contributed by atoms with Crippen LogP contribution in [-0.2, 0) is 11.3 Å². The van der Waals surface area contributed by atoms with Crippen molar-refractivity contribution in [1.82, 2.24) is 0 Å². The Morgan fingerprint density at radius 1 is 1.00 bits per heavy atom. The Balaban J connectivity index is 2.78. The molecule has 0 unspecified atom stereocenters. The average Bonchev–Trinajstić information content (AvgIpc) is 2.12. The highest BCUT2D eigenvalue weighted by atomic mass is 16.5. The first-order chi connectivity index (χ1) is 7.67. The smallest absolute Gasteiger partial charge is 0.0744 e. The maximum atomic E-state index is 5.83. The largest absolute Gasteiger partial charge is 0.380 e. The molecule has 1 aromatic carbocycles. The zero-order valence-electron chi connectivity index (χ0n) is 11.9. The molecule has 2 heteroatoms. The lowest BCUT2D eigenvalue weighted by Crippen LogP contribution is -2.27. The quantitative estimate of drug-likeness (QED) is 0.847. The summed E-state index contributed by atoms with van der Waals surface area (Å²) >= 11 is 0. The van der Waals surface area contributed by atoms with Crippen LogP contribution in [0.3, 0.4) is 0 Å². The second kappa shape index (κ2) is 5.09. The van der Waals surface area contributed by atoms with Crippen molar-refractivity contribution in [2.75, 3.05) is 5.32 Å². The number of hydrogen-bond donors (Lipinski definition) is 1. The van der Waals surface area contributed by atoms with Crippen molar-refractivity contribution in [3.8, 4) is 0 Å². The van der Waals surface area contributed by atoms with Gasteiger partial charge in [0.25, 0.3) is 0 Å². The molecule has 0 aromatic heterocycles. The van der Waals surface area contributed by atoms with Crippen LogP contribution in [-0.4, -0.2) is 11.1 Å². The third kappa shape index (κ3) is 5.73. The summed E-state index contributed by atoms with van der Waals surface area (Å²) in [4.78, 5) is 0. The van der Waals surface area contributed by atoms with E-state index in [9.17, 15) is 0 Å². The normalized spacial score (nSPS) is 12.6. The van der Waals surface area contributed by atoms with Gasteiger partial charge in [0.15, 0.2) is 0 Å². The third-order valence-corrected chi connectivity index (χ3v) is 2.19. The molecule has 0 aliphatic carbocycles. The van der Waals surface area contributed by atoms with Crippen molar-refractivity contribution in [2.24, 2.45) is 0 Å². The van der Waals surface area contributed by atoms with E-state index < -0.39 is 0 Å². The second-order valence-corrected chi connectivity index (χ2v) is 6.43. The highest BCUT2D eigenvalue weighted by molar-refractivity contribution is 5.52. The van der Waals surface area contributed by atoms with Crippen molar-refractivity contribution >= 4 is 5.69 Å². The number of benzene rings is 1. The van der Waals surface area contributed by atoms with Crippen LogP contribution in [0.1, 0.15) is 47.1 Å². The number of nitrogens with one attached hydrogen (secondary N) is 1. The Morgan fingerprint density at radius 2 is 1.59 bits per heavy atom. The Morgan fingerprint density at radius 3 is 2.12 bits per heavy atom.